The third-order valence-electron chi connectivity index (χ3n) is 3.42. The molecule has 1 N–H and O–H groups in total. The van der Waals surface area contributed by atoms with Gasteiger partial charge in [0.2, 0.25) is 0 Å². The molecule has 0 fully saturated rings. The van der Waals surface area contributed by atoms with Crippen molar-refractivity contribution in [2.45, 2.75) is 19.4 Å². The van der Waals surface area contributed by atoms with Crippen molar-refractivity contribution in [3.8, 4) is 0 Å². The number of benzene rings is 1. The summed E-state index contributed by atoms with van der Waals surface area (Å²) in [6, 6.07) is 13.2. The molecule has 0 aliphatic rings. The minimum absolute atomic E-state index is 0.334. The maximum absolute atomic E-state index is 4.19. The number of nitrogens with zero attached hydrogens (tertiary/aromatic N) is 2. The molecule has 1 aromatic heterocycles. The zero-order chi connectivity index (χ0) is 14.4. The zero-order valence-corrected chi connectivity index (χ0v) is 12.5. The summed E-state index contributed by atoms with van der Waals surface area (Å²) < 4.78 is 0. The molecule has 1 aromatic carbocycles. The summed E-state index contributed by atoms with van der Waals surface area (Å²) in [7, 11) is 4.12. The Balaban J connectivity index is 2.15. The molecular formula is C17H23N3. The number of pyridine rings is 1. The average molecular weight is 269 g/mol. The molecule has 0 amide bonds. The lowest BCUT2D eigenvalue weighted by Gasteiger charge is -2.20. The molecule has 1 heterocycles. The van der Waals surface area contributed by atoms with E-state index in [-0.39, 0.29) is 0 Å². The molecule has 106 valence electrons. The molecule has 3 nitrogen and oxygen atoms in total. The summed E-state index contributed by atoms with van der Waals surface area (Å²) in [6.45, 7) is 3.10. The molecule has 0 aliphatic carbocycles. The van der Waals surface area contributed by atoms with Crippen LogP contribution in [0.25, 0.3) is 0 Å². The van der Waals surface area contributed by atoms with Crippen LogP contribution in [0.4, 0.5) is 5.69 Å². The molecule has 1 unspecified atom stereocenters. The second-order valence-corrected chi connectivity index (χ2v) is 5.16. The molecule has 2 rings (SSSR count). The van der Waals surface area contributed by atoms with Crippen molar-refractivity contribution in [2.75, 3.05) is 25.5 Å². The highest BCUT2D eigenvalue weighted by molar-refractivity contribution is 5.46. The van der Waals surface area contributed by atoms with Gasteiger partial charge >= 0.3 is 0 Å². The van der Waals surface area contributed by atoms with E-state index < -0.39 is 0 Å². The first-order valence-electron chi connectivity index (χ1n) is 7.10. The van der Waals surface area contributed by atoms with Gasteiger partial charge in [0.15, 0.2) is 0 Å². The first-order valence-corrected chi connectivity index (χ1v) is 7.10. The minimum atomic E-state index is 0.334. The Kier molecular flexibility index (Phi) is 5.13. The lowest BCUT2D eigenvalue weighted by molar-refractivity contribution is 0.549. The zero-order valence-electron chi connectivity index (χ0n) is 12.5. The van der Waals surface area contributed by atoms with Crippen LogP contribution in [0.2, 0.25) is 0 Å². The van der Waals surface area contributed by atoms with E-state index >= 15 is 0 Å². The number of nitrogens with one attached hydrogen (secondary N) is 1. The SMILES string of the molecule is CCNC(Cc1cccnc1)c1ccc(N(C)C)cc1. The predicted molar refractivity (Wildman–Crippen MR) is 85.1 cm³/mol. The average Bonchev–Trinajstić information content (AvgIpc) is 2.48. The molecule has 0 radical (unpaired) electrons. The van der Waals surface area contributed by atoms with Crippen molar-refractivity contribution >= 4 is 5.69 Å². The van der Waals surface area contributed by atoms with E-state index in [1.165, 1.54) is 16.8 Å². The molecule has 2 aromatic rings. The van der Waals surface area contributed by atoms with Gasteiger partial charge in [-0.3, -0.25) is 4.98 Å². The van der Waals surface area contributed by atoms with Crippen molar-refractivity contribution in [1.82, 2.24) is 10.3 Å². The Bertz CT molecular complexity index is 506. The van der Waals surface area contributed by atoms with Crippen molar-refractivity contribution in [2.24, 2.45) is 0 Å². The smallest absolute Gasteiger partial charge is 0.0361 e. The molecule has 0 saturated heterocycles. The summed E-state index contributed by atoms with van der Waals surface area (Å²) in [4.78, 5) is 6.31. The van der Waals surface area contributed by atoms with E-state index in [2.05, 4.69) is 66.6 Å². The number of hydrogen-bond acceptors (Lipinski definition) is 3. The maximum Gasteiger partial charge on any atom is 0.0361 e. The van der Waals surface area contributed by atoms with Gasteiger partial charge in [-0.2, -0.15) is 0 Å². The Hall–Kier alpha value is -1.87. The van der Waals surface area contributed by atoms with Crippen molar-refractivity contribution in [1.29, 1.82) is 0 Å². The van der Waals surface area contributed by atoms with Gasteiger partial charge < -0.3 is 10.2 Å². The van der Waals surface area contributed by atoms with Gasteiger partial charge in [0.25, 0.3) is 0 Å². The van der Waals surface area contributed by atoms with Crippen LogP contribution in [0.5, 0.6) is 0 Å². The summed E-state index contributed by atoms with van der Waals surface area (Å²) in [5, 5.41) is 3.55. The number of aromatic nitrogens is 1. The highest BCUT2D eigenvalue weighted by atomic mass is 15.1. The number of anilines is 1. The quantitative estimate of drug-likeness (QED) is 0.873. The minimum Gasteiger partial charge on any atom is -0.378 e. The van der Waals surface area contributed by atoms with Gasteiger partial charge in [-0.05, 0) is 42.3 Å². The van der Waals surface area contributed by atoms with Crippen molar-refractivity contribution in [3.05, 3.63) is 59.9 Å². The van der Waals surface area contributed by atoms with E-state index in [1.807, 2.05) is 18.5 Å². The Morgan fingerprint density at radius 3 is 2.45 bits per heavy atom. The molecule has 1 atom stereocenters. The largest absolute Gasteiger partial charge is 0.378 e. The molecular weight excluding hydrogens is 246 g/mol. The molecule has 0 bridgehead atoms. The van der Waals surface area contributed by atoms with Gasteiger partial charge in [-0.15, -0.1) is 0 Å². The molecule has 20 heavy (non-hydrogen) atoms. The standard InChI is InChI=1S/C17H23N3/c1-4-19-17(12-14-6-5-11-18-13-14)15-7-9-16(10-8-15)20(2)3/h5-11,13,17,19H,4,12H2,1-3H3. The van der Waals surface area contributed by atoms with E-state index in [4.69, 9.17) is 0 Å². The van der Waals surface area contributed by atoms with E-state index in [9.17, 15) is 0 Å². The number of rotatable bonds is 6. The van der Waals surface area contributed by atoms with Crippen LogP contribution < -0.4 is 10.2 Å². The monoisotopic (exact) mass is 269 g/mol. The lowest BCUT2D eigenvalue weighted by Crippen LogP contribution is -2.23. The fraction of sp³-hybridized carbons (Fsp3) is 0.353. The Labute approximate surface area is 121 Å². The van der Waals surface area contributed by atoms with Crippen LogP contribution in [0.3, 0.4) is 0 Å². The third kappa shape index (κ3) is 3.81. The summed E-state index contributed by atoms with van der Waals surface area (Å²) in [5.74, 6) is 0. The highest BCUT2D eigenvalue weighted by Gasteiger charge is 2.11. The summed E-state index contributed by atoms with van der Waals surface area (Å²) in [5.41, 5.74) is 3.81. The lowest BCUT2D eigenvalue weighted by atomic mass is 9.99. The molecule has 0 spiro atoms. The van der Waals surface area contributed by atoms with E-state index in [0.717, 1.165) is 13.0 Å². The van der Waals surface area contributed by atoms with E-state index in [0.29, 0.717) is 6.04 Å². The number of likely N-dealkylation sites (N-methyl/N-ethyl adjacent to an activating group) is 1. The first-order chi connectivity index (χ1) is 9.70. The van der Waals surface area contributed by atoms with Crippen LogP contribution in [-0.2, 0) is 6.42 Å². The molecule has 0 saturated carbocycles. The second kappa shape index (κ2) is 7.06. The fourth-order valence-corrected chi connectivity index (χ4v) is 2.31. The maximum atomic E-state index is 4.19. The van der Waals surface area contributed by atoms with Gasteiger partial charge in [0.1, 0.15) is 0 Å². The van der Waals surface area contributed by atoms with Crippen molar-refractivity contribution < 1.29 is 0 Å². The Morgan fingerprint density at radius 1 is 1.15 bits per heavy atom. The normalized spacial score (nSPS) is 12.2. The summed E-state index contributed by atoms with van der Waals surface area (Å²) in [6.07, 6.45) is 4.72. The van der Waals surface area contributed by atoms with Gasteiger partial charge in [0, 0.05) is 38.2 Å². The van der Waals surface area contributed by atoms with Crippen molar-refractivity contribution in [3.63, 3.8) is 0 Å². The fourth-order valence-electron chi connectivity index (χ4n) is 2.31. The predicted octanol–water partition coefficient (Wildman–Crippen LogP) is 3.04. The Morgan fingerprint density at radius 2 is 1.90 bits per heavy atom. The van der Waals surface area contributed by atoms with Crippen LogP contribution in [0.1, 0.15) is 24.1 Å². The van der Waals surface area contributed by atoms with Crippen LogP contribution in [-0.4, -0.2) is 25.6 Å². The summed E-state index contributed by atoms with van der Waals surface area (Å²) >= 11 is 0. The topological polar surface area (TPSA) is 28.2 Å². The van der Waals surface area contributed by atoms with Gasteiger partial charge in [0.05, 0.1) is 0 Å². The molecule has 0 aliphatic heterocycles. The van der Waals surface area contributed by atoms with E-state index in [1.54, 1.807) is 0 Å². The first kappa shape index (κ1) is 14.5. The molecule has 3 heteroatoms. The number of hydrogen-bond donors (Lipinski definition) is 1. The van der Waals surface area contributed by atoms with Gasteiger partial charge in [-0.1, -0.05) is 25.1 Å². The van der Waals surface area contributed by atoms with Crippen LogP contribution in [0.15, 0.2) is 48.8 Å². The van der Waals surface area contributed by atoms with Crippen LogP contribution in [0, 0.1) is 0 Å². The second-order valence-electron chi connectivity index (χ2n) is 5.16. The van der Waals surface area contributed by atoms with Gasteiger partial charge in [-0.25, -0.2) is 0 Å². The third-order valence-corrected chi connectivity index (χ3v) is 3.42. The van der Waals surface area contributed by atoms with Crippen LogP contribution >= 0.6 is 0 Å². The highest BCUT2D eigenvalue weighted by Crippen LogP contribution is 2.21.